The van der Waals surface area contributed by atoms with Crippen molar-refractivity contribution in [3.8, 4) is 17.4 Å². The Morgan fingerprint density at radius 1 is 0.967 bits per heavy atom. The minimum absolute atomic E-state index is 0.0700. The van der Waals surface area contributed by atoms with Gasteiger partial charge in [0.05, 0.1) is 32.9 Å². The molecule has 0 saturated carbocycles. The SMILES string of the molecule is COc1ccc(C(=O)N2CCc3cc(OC)c(OC)cc3C2c2ccccc2)cn1. The molecule has 0 aliphatic carbocycles. The van der Waals surface area contributed by atoms with Gasteiger partial charge in [-0.2, -0.15) is 0 Å². The molecule has 1 amide bonds. The second kappa shape index (κ2) is 8.45. The third-order valence-corrected chi connectivity index (χ3v) is 5.44. The molecule has 0 bridgehead atoms. The third-order valence-electron chi connectivity index (χ3n) is 5.44. The van der Waals surface area contributed by atoms with Crippen LogP contribution in [0.4, 0.5) is 0 Å². The number of fused-ring (bicyclic) bond motifs is 1. The van der Waals surface area contributed by atoms with E-state index in [9.17, 15) is 4.79 Å². The van der Waals surface area contributed by atoms with Crippen LogP contribution >= 0.6 is 0 Å². The van der Waals surface area contributed by atoms with Gasteiger partial charge in [0.25, 0.3) is 5.91 Å². The van der Waals surface area contributed by atoms with E-state index in [0.717, 1.165) is 23.1 Å². The van der Waals surface area contributed by atoms with Gasteiger partial charge in [0.1, 0.15) is 0 Å². The van der Waals surface area contributed by atoms with Crippen molar-refractivity contribution in [2.45, 2.75) is 12.5 Å². The summed E-state index contributed by atoms with van der Waals surface area (Å²) in [5.74, 6) is 1.76. The van der Waals surface area contributed by atoms with Crippen LogP contribution in [0.5, 0.6) is 17.4 Å². The number of rotatable bonds is 5. The summed E-state index contributed by atoms with van der Waals surface area (Å²) in [5, 5.41) is 0. The summed E-state index contributed by atoms with van der Waals surface area (Å²) in [4.78, 5) is 19.6. The lowest BCUT2D eigenvalue weighted by Gasteiger charge is -2.38. The van der Waals surface area contributed by atoms with Crippen molar-refractivity contribution in [1.82, 2.24) is 9.88 Å². The van der Waals surface area contributed by atoms with E-state index in [-0.39, 0.29) is 11.9 Å². The second-order valence-electron chi connectivity index (χ2n) is 7.06. The first-order chi connectivity index (χ1) is 14.7. The third kappa shape index (κ3) is 3.56. The van der Waals surface area contributed by atoms with E-state index in [2.05, 4.69) is 4.98 Å². The number of amides is 1. The number of methoxy groups -OCH3 is 3. The van der Waals surface area contributed by atoms with Gasteiger partial charge in [0, 0.05) is 18.8 Å². The van der Waals surface area contributed by atoms with Gasteiger partial charge in [-0.1, -0.05) is 30.3 Å². The summed E-state index contributed by atoms with van der Waals surface area (Å²) in [6.07, 6.45) is 2.29. The van der Waals surface area contributed by atoms with Crippen molar-refractivity contribution >= 4 is 5.91 Å². The average Bonchev–Trinajstić information content (AvgIpc) is 2.82. The first-order valence-electron chi connectivity index (χ1n) is 9.77. The predicted octanol–water partition coefficient (Wildman–Crippen LogP) is 3.90. The topological polar surface area (TPSA) is 60.9 Å². The first-order valence-corrected chi connectivity index (χ1v) is 9.77. The molecule has 0 saturated heterocycles. The molecule has 3 aromatic rings. The van der Waals surface area contributed by atoms with Gasteiger partial charge in [-0.3, -0.25) is 4.79 Å². The van der Waals surface area contributed by atoms with E-state index >= 15 is 0 Å². The lowest BCUT2D eigenvalue weighted by molar-refractivity contribution is 0.0693. The number of hydrogen-bond acceptors (Lipinski definition) is 5. The van der Waals surface area contributed by atoms with E-state index in [1.54, 1.807) is 39.7 Å². The smallest absolute Gasteiger partial charge is 0.256 e. The van der Waals surface area contributed by atoms with Crippen LogP contribution in [-0.2, 0) is 6.42 Å². The molecule has 6 nitrogen and oxygen atoms in total. The van der Waals surface area contributed by atoms with Gasteiger partial charge in [-0.15, -0.1) is 0 Å². The largest absolute Gasteiger partial charge is 0.493 e. The normalized spacial score (nSPS) is 15.3. The first kappa shape index (κ1) is 19.8. The molecule has 2 aromatic carbocycles. The van der Waals surface area contributed by atoms with E-state index in [4.69, 9.17) is 14.2 Å². The van der Waals surface area contributed by atoms with Crippen LogP contribution in [-0.4, -0.2) is 43.7 Å². The zero-order chi connectivity index (χ0) is 21.1. The Bertz CT molecular complexity index is 1040. The fraction of sp³-hybridized carbons (Fsp3) is 0.250. The highest BCUT2D eigenvalue weighted by atomic mass is 16.5. The Hall–Kier alpha value is -3.54. The zero-order valence-electron chi connectivity index (χ0n) is 17.3. The Morgan fingerprint density at radius 3 is 2.33 bits per heavy atom. The molecule has 6 heteroatoms. The number of carbonyl (C=O) groups excluding carboxylic acids is 1. The maximum atomic E-state index is 13.5. The molecular formula is C24H24N2O4. The monoisotopic (exact) mass is 404 g/mol. The lowest BCUT2D eigenvalue weighted by atomic mass is 9.87. The second-order valence-corrected chi connectivity index (χ2v) is 7.06. The standard InChI is InChI=1S/C24H24N2O4/c1-28-20-13-17-11-12-26(24(27)18-9-10-22(30-3)25-15-18)23(16-7-5-4-6-8-16)19(17)14-21(20)29-2/h4-10,13-15,23H,11-12H2,1-3H3. The molecule has 1 aromatic heterocycles. The van der Waals surface area contributed by atoms with Crippen molar-refractivity contribution in [3.05, 3.63) is 83.0 Å². The fourth-order valence-electron chi connectivity index (χ4n) is 3.95. The molecule has 0 N–H and O–H groups in total. The summed E-state index contributed by atoms with van der Waals surface area (Å²) in [6.45, 7) is 0.590. The van der Waals surface area contributed by atoms with Crippen molar-refractivity contribution < 1.29 is 19.0 Å². The van der Waals surface area contributed by atoms with E-state index in [1.165, 1.54) is 0 Å². The Morgan fingerprint density at radius 2 is 1.70 bits per heavy atom. The summed E-state index contributed by atoms with van der Waals surface area (Å²) in [5.41, 5.74) is 3.76. The Balaban J connectivity index is 1.80. The zero-order valence-corrected chi connectivity index (χ0v) is 17.3. The van der Waals surface area contributed by atoms with Gasteiger partial charge in [0.15, 0.2) is 11.5 Å². The van der Waals surface area contributed by atoms with E-state index < -0.39 is 0 Å². The van der Waals surface area contributed by atoms with Crippen LogP contribution in [0.1, 0.15) is 33.1 Å². The van der Waals surface area contributed by atoms with E-state index in [1.807, 2.05) is 47.4 Å². The van der Waals surface area contributed by atoms with Crippen LogP contribution in [0.2, 0.25) is 0 Å². The van der Waals surface area contributed by atoms with Crippen molar-refractivity contribution in [3.63, 3.8) is 0 Å². The quantitative estimate of drug-likeness (QED) is 0.646. The number of nitrogens with zero attached hydrogens (tertiary/aromatic N) is 2. The number of carbonyl (C=O) groups is 1. The van der Waals surface area contributed by atoms with Crippen molar-refractivity contribution in [2.75, 3.05) is 27.9 Å². The Labute approximate surface area is 176 Å². The number of aromatic nitrogens is 1. The highest BCUT2D eigenvalue weighted by molar-refractivity contribution is 5.94. The molecule has 0 spiro atoms. The minimum Gasteiger partial charge on any atom is -0.493 e. The van der Waals surface area contributed by atoms with Crippen molar-refractivity contribution in [2.24, 2.45) is 0 Å². The number of hydrogen-bond donors (Lipinski definition) is 0. The maximum Gasteiger partial charge on any atom is 0.256 e. The number of ether oxygens (including phenoxy) is 3. The van der Waals surface area contributed by atoms with Gasteiger partial charge < -0.3 is 19.1 Å². The van der Waals surface area contributed by atoms with Crippen LogP contribution in [0.25, 0.3) is 0 Å². The molecule has 30 heavy (non-hydrogen) atoms. The molecular weight excluding hydrogens is 380 g/mol. The molecule has 154 valence electrons. The predicted molar refractivity (Wildman–Crippen MR) is 113 cm³/mol. The van der Waals surface area contributed by atoms with Gasteiger partial charge >= 0.3 is 0 Å². The van der Waals surface area contributed by atoms with Crippen LogP contribution < -0.4 is 14.2 Å². The summed E-state index contributed by atoms with van der Waals surface area (Å²) in [6, 6.07) is 17.3. The molecule has 4 rings (SSSR count). The Kier molecular flexibility index (Phi) is 5.57. The molecule has 1 atom stereocenters. The fourth-order valence-corrected chi connectivity index (χ4v) is 3.95. The molecule has 0 fully saturated rings. The summed E-state index contributed by atoms with van der Waals surface area (Å²) >= 11 is 0. The van der Waals surface area contributed by atoms with Gasteiger partial charge in [-0.05, 0) is 41.3 Å². The minimum atomic E-state index is -0.232. The van der Waals surface area contributed by atoms with Crippen LogP contribution in [0.15, 0.2) is 60.8 Å². The van der Waals surface area contributed by atoms with E-state index in [0.29, 0.717) is 29.5 Å². The van der Waals surface area contributed by atoms with Crippen LogP contribution in [0, 0.1) is 0 Å². The van der Waals surface area contributed by atoms with Gasteiger partial charge in [-0.25, -0.2) is 4.98 Å². The number of benzene rings is 2. The van der Waals surface area contributed by atoms with Crippen LogP contribution in [0.3, 0.4) is 0 Å². The molecule has 1 aliphatic heterocycles. The summed E-state index contributed by atoms with van der Waals surface area (Å²) < 4.78 is 16.1. The molecule has 0 radical (unpaired) electrons. The average molecular weight is 404 g/mol. The molecule has 1 aliphatic rings. The van der Waals surface area contributed by atoms with Gasteiger partial charge in [0.2, 0.25) is 5.88 Å². The number of pyridine rings is 1. The highest BCUT2D eigenvalue weighted by Gasteiger charge is 2.33. The highest BCUT2D eigenvalue weighted by Crippen LogP contribution is 2.41. The summed E-state index contributed by atoms with van der Waals surface area (Å²) in [7, 11) is 4.81. The lowest BCUT2D eigenvalue weighted by Crippen LogP contribution is -2.40. The molecule has 1 unspecified atom stereocenters. The maximum absolute atomic E-state index is 13.5. The molecule has 2 heterocycles. The van der Waals surface area contributed by atoms with Crippen molar-refractivity contribution in [1.29, 1.82) is 0 Å².